The summed E-state index contributed by atoms with van der Waals surface area (Å²) in [6.45, 7) is 7.92. The molecule has 0 aliphatic rings. The van der Waals surface area contributed by atoms with Crippen LogP contribution in [0.3, 0.4) is 0 Å². The molecule has 27 heavy (non-hydrogen) atoms. The molecular weight excluding hydrogens is 405 g/mol. The fourth-order valence-corrected chi connectivity index (χ4v) is 5.17. The summed E-state index contributed by atoms with van der Waals surface area (Å²) in [4.78, 5) is 0. The number of sulfonamides is 1. The lowest BCUT2D eigenvalue weighted by Gasteiger charge is -2.21. The Morgan fingerprint density at radius 3 is 2.19 bits per heavy atom. The minimum absolute atomic E-state index is 0.255. The van der Waals surface area contributed by atoms with Crippen LogP contribution in [0.5, 0.6) is 5.75 Å². The maximum absolute atomic E-state index is 12.7. The number of methoxy groups -OCH3 is 1. The van der Waals surface area contributed by atoms with E-state index in [2.05, 4.69) is 18.6 Å². The third-order valence-corrected chi connectivity index (χ3v) is 6.55. The Morgan fingerprint density at radius 2 is 1.67 bits per heavy atom. The van der Waals surface area contributed by atoms with Gasteiger partial charge in [-0.05, 0) is 60.7 Å². The molecule has 7 heteroatoms. The first-order valence-corrected chi connectivity index (χ1v) is 11.1. The second kappa shape index (κ2) is 8.82. The molecule has 2 rings (SSSR count). The van der Waals surface area contributed by atoms with Gasteiger partial charge in [0.05, 0.1) is 12.9 Å². The van der Waals surface area contributed by atoms with E-state index in [1.54, 1.807) is 25.3 Å². The Balaban J connectivity index is 2.30. The van der Waals surface area contributed by atoms with Crippen molar-refractivity contribution in [2.45, 2.75) is 45.4 Å². The topological polar surface area (TPSA) is 55.4 Å². The van der Waals surface area contributed by atoms with E-state index in [0.29, 0.717) is 15.6 Å². The van der Waals surface area contributed by atoms with E-state index in [-0.39, 0.29) is 11.7 Å². The Bertz CT molecular complexity index is 907. The Labute approximate surface area is 171 Å². The molecule has 148 valence electrons. The maximum atomic E-state index is 12.7. The summed E-state index contributed by atoms with van der Waals surface area (Å²) in [7, 11) is -2.00. The van der Waals surface area contributed by atoms with Crippen LogP contribution in [0, 0.1) is 6.92 Å². The fraction of sp³-hybridized carbons (Fsp3) is 0.400. The van der Waals surface area contributed by atoms with Crippen molar-refractivity contribution in [1.29, 1.82) is 0 Å². The minimum atomic E-state index is -3.64. The third kappa shape index (κ3) is 5.38. The van der Waals surface area contributed by atoms with Gasteiger partial charge in [-0.15, -0.1) is 0 Å². The Morgan fingerprint density at radius 1 is 1.07 bits per heavy atom. The molecule has 0 heterocycles. The van der Waals surface area contributed by atoms with Gasteiger partial charge in [0.2, 0.25) is 10.0 Å². The first kappa shape index (κ1) is 22.0. The van der Waals surface area contributed by atoms with Crippen LogP contribution >= 0.6 is 23.2 Å². The monoisotopic (exact) mass is 429 g/mol. The lowest BCUT2D eigenvalue weighted by atomic mass is 9.94. The van der Waals surface area contributed by atoms with Crippen LogP contribution in [0.1, 0.15) is 55.0 Å². The van der Waals surface area contributed by atoms with Crippen LogP contribution in [-0.4, -0.2) is 15.5 Å². The molecule has 0 amide bonds. The summed E-state index contributed by atoms with van der Waals surface area (Å²) in [5.74, 6) is 0.788. The molecule has 0 radical (unpaired) electrons. The largest absolute Gasteiger partial charge is 0.496 e. The van der Waals surface area contributed by atoms with E-state index in [1.165, 1.54) is 0 Å². The number of halogens is 2. The zero-order chi connectivity index (χ0) is 20.4. The Hall–Kier alpha value is -1.27. The lowest BCUT2D eigenvalue weighted by Crippen LogP contribution is -2.29. The summed E-state index contributed by atoms with van der Waals surface area (Å²) in [6.07, 6.45) is 0. The zero-order valence-corrected chi connectivity index (χ0v) is 18.5. The standard InChI is InChI=1S/C20H25Cl2NO3S/c1-12(2)15-10-16(13(3)9-20(15)26-5)14(4)23-27(24,25)11-17-18(21)7-6-8-19(17)22/h6-10,12,14,23H,11H2,1-5H3/t14-/m1/s1. The first-order valence-electron chi connectivity index (χ1n) is 8.67. The normalized spacial score (nSPS) is 13.0. The van der Waals surface area contributed by atoms with Crippen molar-refractivity contribution in [1.82, 2.24) is 4.72 Å². The van der Waals surface area contributed by atoms with Gasteiger partial charge in [-0.2, -0.15) is 0 Å². The van der Waals surface area contributed by atoms with Gasteiger partial charge in [0.1, 0.15) is 5.75 Å². The number of benzene rings is 2. The van der Waals surface area contributed by atoms with Gasteiger partial charge >= 0.3 is 0 Å². The second-order valence-electron chi connectivity index (χ2n) is 6.90. The molecule has 0 unspecified atom stereocenters. The average Bonchev–Trinajstić information content (AvgIpc) is 2.57. The summed E-state index contributed by atoms with van der Waals surface area (Å²) in [5, 5.41) is 0.673. The molecule has 0 aromatic heterocycles. The van der Waals surface area contributed by atoms with Crippen LogP contribution in [0.2, 0.25) is 10.0 Å². The fourth-order valence-electron chi connectivity index (χ4n) is 3.05. The molecule has 1 atom stereocenters. The van der Waals surface area contributed by atoms with Gasteiger partial charge < -0.3 is 4.74 Å². The highest BCUT2D eigenvalue weighted by molar-refractivity contribution is 7.88. The number of ether oxygens (including phenoxy) is 1. The van der Waals surface area contributed by atoms with E-state index < -0.39 is 16.1 Å². The first-order chi connectivity index (χ1) is 12.6. The van der Waals surface area contributed by atoms with E-state index in [4.69, 9.17) is 27.9 Å². The van der Waals surface area contributed by atoms with Crippen molar-refractivity contribution in [2.24, 2.45) is 0 Å². The molecule has 0 saturated heterocycles. The van der Waals surface area contributed by atoms with Gasteiger partial charge in [0, 0.05) is 21.7 Å². The van der Waals surface area contributed by atoms with E-state index in [9.17, 15) is 8.42 Å². The smallest absolute Gasteiger partial charge is 0.216 e. The van der Waals surface area contributed by atoms with E-state index in [1.807, 2.05) is 26.0 Å². The summed E-state index contributed by atoms with van der Waals surface area (Å²) in [6, 6.07) is 8.49. The Kier molecular flexibility index (Phi) is 7.20. The van der Waals surface area contributed by atoms with Crippen molar-refractivity contribution in [3.05, 3.63) is 62.6 Å². The SMILES string of the molecule is COc1cc(C)c([C@@H](C)NS(=O)(=O)Cc2c(Cl)cccc2Cl)cc1C(C)C. The predicted octanol–water partition coefficient (Wildman–Crippen LogP) is 5.61. The summed E-state index contributed by atoms with van der Waals surface area (Å²) >= 11 is 12.2. The highest BCUT2D eigenvalue weighted by Crippen LogP contribution is 2.33. The van der Waals surface area contributed by atoms with Crippen molar-refractivity contribution >= 4 is 33.2 Å². The quantitative estimate of drug-likeness (QED) is 0.621. The van der Waals surface area contributed by atoms with Crippen LogP contribution in [0.15, 0.2) is 30.3 Å². The number of nitrogens with one attached hydrogen (secondary N) is 1. The molecule has 0 aliphatic carbocycles. The van der Waals surface area contributed by atoms with Crippen molar-refractivity contribution < 1.29 is 13.2 Å². The predicted molar refractivity (Wildman–Crippen MR) is 112 cm³/mol. The maximum Gasteiger partial charge on any atom is 0.216 e. The number of aryl methyl sites for hydroxylation is 1. The average molecular weight is 430 g/mol. The number of rotatable bonds is 7. The van der Waals surface area contributed by atoms with Crippen LogP contribution in [-0.2, 0) is 15.8 Å². The van der Waals surface area contributed by atoms with Gasteiger partial charge in [-0.25, -0.2) is 13.1 Å². The summed E-state index contributed by atoms with van der Waals surface area (Å²) in [5.41, 5.74) is 3.31. The number of hydrogen-bond acceptors (Lipinski definition) is 3. The molecule has 0 fully saturated rings. The van der Waals surface area contributed by atoms with Crippen molar-refractivity contribution in [3.63, 3.8) is 0 Å². The van der Waals surface area contributed by atoms with Gasteiger partial charge in [-0.1, -0.05) is 43.1 Å². The lowest BCUT2D eigenvalue weighted by molar-refractivity contribution is 0.406. The highest BCUT2D eigenvalue weighted by atomic mass is 35.5. The minimum Gasteiger partial charge on any atom is -0.496 e. The van der Waals surface area contributed by atoms with Gasteiger partial charge in [0.25, 0.3) is 0 Å². The molecule has 0 aliphatic heterocycles. The van der Waals surface area contributed by atoms with Gasteiger partial charge in [0.15, 0.2) is 0 Å². The van der Waals surface area contributed by atoms with Crippen LogP contribution < -0.4 is 9.46 Å². The molecule has 1 N–H and O–H groups in total. The zero-order valence-electron chi connectivity index (χ0n) is 16.1. The van der Waals surface area contributed by atoms with Crippen molar-refractivity contribution in [3.8, 4) is 5.75 Å². The highest BCUT2D eigenvalue weighted by Gasteiger charge is 2.22. The summed E-state index contributed by atoms with van der Waals surface area (Å²) < 4.78 is 33.6. The van der Waals surface area contributed by atoms with Gasteiger partial charge in [-0.3, -0.25) is 0 Å². The molecule has 2 aromatic rings. The molecule has 0 spiro atoms. The molecule has 0 bridgehead atoms. The third-order valence-electron chi connectivity index (χ3n) is 4.46. The second-order valence-corrected chi connectivity index (χ2v) is 9.47. The van der Waals surface area contributed by atoms with Crippen LogP contribution in [0.4, 0.5) is 0 Å². The van der Waals surface area contributed by atoms with E-state index >= 15 is 0 Å². The molecule has 2 aromatic carbocycles. The molecule has 0 saturated carbocycles. The molecule has 4 nitrogen and oxygen atoms in total. The van der Waals surface area contributed by atoms with Crippen molar-refractivity contribution in [2.75, 3.05) is 7.11 Å². The number of hydrogen-bond donors (Lipinski definition) is 1. The van der Waals surface area contributed by atoms with Crippen LogP contribution in [0.25, 0.3) is 0 Å². The molecular formula is C20H25Cl2NO3S. The van der Waals surface area contributed by atoms with E-state index in [0.717, 1.165) is 22.4 Å².